The number of amides is 1. The maximum Gasteiger partial charge on any atom is 0.253 e. The molecule has 0 atom stereocenters. The zero-order chi connectivity index (χ0) is 22.8. The fourth-order valence-electron chi connectivity index (χ4n) is 3.45. The van der Waals surface area contributed by atoms with Gasteiger partial charge in [0.25, 0.3) is 15.9 Å². The van der Waals surface area contributed by atoms with Crippen molar-refractivity contribution < 1.29 is 13.2 Å². The van der Waals surface area contributed by atoms with Crippen LogP contribution in [0.3, 0.4) is 0 Å². The Kier molecular flexibility index (Phi) is 7.26. The van der Waals surface area contributed by atoms with Gasteiger partial charge in [-0.05, 0) is 56.3 Å². The molecule has 6 nitrogen and oxygen atoms in total. The fourth-order valence-corrected chi connectivity index (χ4v) is 6.56. The van der Waals surface area contributed by atoms with Gasteiger partial charge in [0, 0.05) is 35.0 Å². The van der Waals surface area contributed by atoms with Crippen molar-refractivity contribution in [2.24, 2.45) is 0 Å². The van der Waals surface area contributed by atoms with Gasteiger partial charge in [0.2, 0.25) is 0 Å². The topological polar surface area (TPSA) is 71.4 Å². The highest BCUT2D eigenvalue weighted by Crippen LogP contribution is 2.26. The van der Waals surface area contributed by atoms with E-state index in [-0.39, 0.29) is 16.7 Å². The van der Waals surface area contributed by atoms with Crippen LogP contribution in [-0.2, 0) is 16.6 Å². The molecular weight excluding hydrogens is 454 g/mol. The van der Waals surface area contributed by atoms with Crippen molar-refractivity contribution >= 4 is 38.9 Å². The van der Waals surface area contributed by atoms with Gasteiger partial charge in [0.1, 0.15) is 4.21 Å². The summed E-state index contributed by atoms with van der Waals surface area (Å²) in [5, 5.41) is 3.21. The number of halogens is 1. The van der Waals surface area contributed by atoms with Crippen LogP contribution in [0.2, 0.25) is 5.02 Å². The molecule has 0 spiro atoms. The zero-order valence-corrected chi connectivity index (χ0v) is 20.4. The van der Waals surface area contributed by atoms with Crippen molar-refractivity contribution in [3.63, 3.8) is 0 Å². The second-order valence-corrected chi connectivity index (χ2v) is 10.8. The van der Waals surface area contributed by atoms with Gasteiger partial charge in [-0.25, -0.2) is 8.42 Å². The van der Waals surface area contributed by atoms with Gasteiger partial charge >= 0.3 is 0 Å². The van der Waals surface area contributed by atoms with E-state index in [2.05, 4.69) is 9.88 Å². The summed E-state index contributed by atoms with van der Waals surface area (Å²) >= 11 is 7.46. The van der Waals surface area contributed by atoms with E-state index in [0.29, 0.717) is 23.7 Å². The Morgan fingerprint density at radius 2 is 1.71 bits per heavy atom. The van der Waals surface area contributed by atoms with E-state index in [1.165, 1.54) is 4.31 Å². The normalized spacial score (nSPS) is 11.8. The number of benzene rings is 1. The number of thiophene rings is 1. The Balaban J connectivity index is 1.77. The molecule has 1 aromatic carbocycles. The summed E-state index contributed by atoms with van der Waals surface area (Å²) in [6.45, 7) is 8.67. The molecule has 0 unspecified atom stereocenters. The summed E-state index contributed by atoms with van der Waals surface area (Å²) < 4.78 is 29.0. The quantitative estimate of drug-likeness (QED) is 0.505. The summed E-state index contributed by atoms with van der Waals surface area (Å²) in [7, 11) is -3.50. The lowest BCUT2D eigenvalue weighted by molar-refractivity contribution is 0.0951. The molecule has 3 aromatic rings. The predicted octanol–water partition coefficient (Wildman–Crippen LogP) is 4.77. The van der Waals surface area contributed by atoms with E-state index < -0.39 is 10.0 Å². The number of nitrogens with one attached hydrogen (secondary N) is 1. The number of sulfonamides is 1. The first kappa shape index (κ1) is 23.5. The minimum Gasteiger partial charge on any atom is -0.347 e. The van der Waals surface area contributed by atoms with E-state index >= 15 is 0 Å². The van der Waals surface area contributed by atoms with Gasteiger partial charge in [0.15, 0.2) is 0 Å². The van der Waals surface area contributed by atoms with Crippen molar-refractivity contribution in [2.45, 2.75) is 38.4 Å². The average molecular weight is 480 g/mol. The summed E-state index contributed by atoms with van der Waals surface area (Å²) in [6, 6.07) is 12.7. The lowest BCUT2D eigenvalue weighted by Crippen LogP contribution is -2.30. The van der Waals surface area contributed by atoms with Gasteiger partial charge < -0.3 is 9.88 Å². The third-order valence-electron chi connectivity index (χ3n) is 5.08. The van der Waals surface area contributed by atoms with Crippen LogP contribution < -0.4 is 5.32 Å². The molecule has 2 aromatic heterocycles. The summed E-state index contributed by atoms with van der Waals surface area (Å²) in [5.74, 6) is -0.309. The Hall–Kier alpha value is -2.13. The molecule has 31 heavy (non-hydrogen) atoms. The van der Waals surface area contributed by atoms with Gasteiger partial charge in [0.05, 0.1) is 17.1 Å². The zero-order valence-electron chi connectivity index (χ0n) is 18.0. The molecule has 0 bridgehead atoms. The Bertz CT molecular complexity index is 1180. The largest absolute Gasteiger partial charge is 0.347 e. The fraction of sp³-hybridized carbons (Fsp3) is 0.318. The van der Waals surface area contributed by atoms with Crippen LogP contribution >= 0.6 is 22.9 Å². The monoisotopic (exact) mass is 479 g/mol. The molecule has 2 heterocycles. The van der Waals surface area contributed by atoms with Gasteiger partial charge in [-0.3, -0.25) is 4.79 Å². The van der Waals surface area contributed by atoms with Crippen molar-refractivity contribution in [2.75, 3.05) is 13.1 Å². The molecule has 166 valence electrons. The minimum atomic E-state index is -3.50. The Labute approximate surface area is 192 Å². The third kappa shape index (κ3) is 4.87. The second kappa shape index (κ2) is 9.56. The lowest BCUT2D eigenvalue weighted by Gasteiger charge is -2.16. The van der Waals surface area contributed by atoms with E-state index in [1.807, 2.05) is 45.9 Å². The summed E-state index contributed by atoms with van der Waals surface area (Å²) in [6.07, 6.45) is 0. The summed E-state index contributed by atoms with van der Waals surface area (Å²) in [4.78, 5) is 13.6. The number of rotatable bonds is 8. The minimum absolute atomic E-state index is 0.222. The molecule has 0 aliphatic carbocycles. The number of aromatic nitrogens is 1. The molecule has 3 rings (SSSR count). The Morgan fingerprint density at radius 1 is 1.06 bits per heavy atom. The highest BCUT2D eigenvalue weighted by molar-refractivity contribution is 7.91. The average Bonchev–Trinajstić information content (AvgIpc) is 3.34. The van der Waals surface area contributed by atoms with Crippen molar-refractivity contribution in [3.05, 3.63) is 69.3 Å². The highest BCUT2D eigenvalue weighted by atomic mass is 35.5. The SMILES string of the molecule is CCN(CC)S(=O)(=O)c1ccc(CNC(=O)c2cc(-n3c(C)ccc3C)ccc2Cl)s1. The molecule has 0 fully saturated rings. The van der Waals surface area contributed by atoms with E-state index in [4.69, 9.17) is 11.6 Å². The number of hydrogen-bond donors (Lipinski definition) is 1. The number of hydrogen-bond acceptors (Lipinski definition) is 4. The second-order valence-electron chi connectivity index (χ2n) is 7.11. The molecule has 0 aliphatic heterocycles. The first-order chi connectivity index (χ1) is 14.7. The van der Waals surface area contributed by atoms with Crippen LogP contribution in [0.5, 0.6) is 0 Å². The van der Waals surface area contributed by atoms with Crippen molar-refractivity contribution in [1.82, 2.24) is 14.2 Å². The standard InChI is InChI=1S/C22H26ClN3O3S2/c1-5-25(6-2)31(28,29)21-12-10-18(30-21)14-24-22(27)19-13-17(9-11-20(19)23)26-15(3)7-8-16(26)4/h7-13H,5-6,14H2,1-4H3,(H,24,27). The van der Waals surface area contributed by atoms with Gasteiger partial charge in [-0.15, -0.1) is 11.3 Å². The molecule has 9 heteroatoms. The number of aryl methyl sites for hydroxylation is 2. The molecule has 1 amide bonds. The first-order valence-electron chi connectivity index (χ1n) is 10.0. The van der Waals surface area contributed by atoms with Crippen LogP contribution in [-0.4, -0.2) is 36.3 Å². The molecule has 0 radical (unpaired) electrons. The van der Waals surface area contributed by atoms with E-state index in [9.17, 15) is 13.2 Å². The van der Waals surface area contributed by atoms with Crippen molar-refractivity contribution in [1.29, 1.82) is 0 Å². The lowest BCUT2D eigenvalue weighted by atomic mass is 10.1. The molecule has 0 saturated heterocycles. The van der Waals surface area contributed by atoms with Crippen LogP contribution in [0.25, 0.3) is 5.69 Å². The smallest absolute Gasteiger partial charge is 0.253 e. The maximum absolute atomic E-state index is 12.8. The van der Waals surface area contributed by atoms with Crippen LogP contribution in [0, 0.1) is 13.8 Å². The Morgan fingerprint density at radius 3 is 2.32 bits per heavy atom. The summed E-state index contributed by atoms with van der Waals surface area (Å²) in [5.41, 5.74) is 3.36. The molecule has 0 saturated carbocycles. The van der Waals surface area contributed by atoms with E-state index in [1.54, 1.807) is 24.3 Å². The third-order valence-corrected chi connectivity index (χ3v) is 9.02. The maximum atomic E-state index is 12.8. The van der Waals surface area contributed by atoms with Crippen LogP contribution in [0.1, 0.15) is 40.5 Å². The molecular formula is C22H26ClN3O3S2. The van der Waals surface area contributed by atoms with Crippen LogP contribution in [0.4, 0.5) is 0 Å². The van der Waals surface area contributed by atoms with Gasteiger partial charge in [-0.2, -0.15) is 4.31 Å². The highest BCUT2D eigenvalue weighted by Gasteiger charge is 2.23. The first-order valence-corrected chi connectivity index (χ1v) is 12.6. The van der Waals surface area contributed by atoms with Crippen molar-refractivity contribution in [3.8, 4) is 5.69 Å². The molecule has 1 N–H and O–H groups in total. The number of nitrogens with zero attached hydrogens (tertiary/aromatic N) is 2. The molecule has 0 aliphatic rings. The predicted molar refractivity (Wildman–Crippen MR) is 126 cm³/mol. The number of carbonyl (C=O) groups excluding carboxylic acids is 1. The number of carbonyl (C=O) groups is 1. The van der Waals surface area contributed by atoms with Gasteiger partial charge in [-0.1, -0.05) is 25.4 Å². The van der Waals surface area contributed by atoms with Crippen LogP contribution in [0.15, 0.2) is 46.7 Å². The van der Waals surface area contributed by atoms with E-state index in [0.717, 1.165) is 33.3 Å².